The van der Waals surface area contributed by atoms with Gasteiger partial charge in [0.25, 0.3) is 10.0 Å². The van der Waals surface area contributed by atoms with E-state index in [1.165, 1.54) is 30.6 Å². The molecule has 4 rings (SSSR count). The molecule has 2 heterocycles. The number of nitriles is 1. The summed E-state index contributed by atoms with van der Waals surface area (Å²) in [5, 5.41) is 9.31. The maximum Gasteiger partial charge on any atom is 0.262 e. The second-order valence-corrected chi connectivity index (χ2v) is 8.14. The van der Waals surface area contributed by atoms with Gasteiger partial charge in [-0.15, -0.1) is 0 Å². The van der Waals surface area contributed by atoms with E-state index in [1.54, 1.807) is 12.1 Å². The molecule has 0 bridgehead atoms. The zero-order chi connectivity index (χ0) is 22.2. The molecule has 2 N–H and O–H groups in total. The van der Waals surface area contributed by atoms with Crippen LogP contribution in [0.3, 0.4) is 0 Å². The van der Waals surface area contributed by atoms with E-state index in [0.717, 1.165) is 18.2 Å². The second kappa shape index (κ2) is 7.62. The van der Waals surface area contributed by atoms with Gasteiger partial charge in [0.1, 0.15) is 11.5 Å². The van der Waals surface area contributed by atoms with Crippen LogP contribution in [0.25, 0.3) is 11.0 Å². The minimum Gasteiger partial charge on any atom is -0.345 e. The van der Waals surface area contributed by atoms with Crippen molar-refractivity contribution in [1.82, 2.24) is 9.97 Å². The summed E-state index contributed by atoms with van der Waals surface area (Å²) in [6.07, 6.45) is 2.77. The van der Waals surface area contributed by atoms with E-state index in [0.29, 0.717) is 11.0 Å². The van der Waals surface area contributed by atoms with Crippen LogP contribution in [0.4, 0.5) is 14.5 Å². The van der Waals surface area contributed by atoms with Crippen molar-refractivity contribution >= 4 is 32.5 Å². The maximum atomic E-state index is 15.1. The number of aromatic amines is 1. The number of aromatic nitrogens is 2. The summed E-state index contributed by atoms with van der Waals surface area (Å²) in [5.74, 6) is -3.47. The number of ketones is 1. The lowest BCUT2D eigenvalue weighted by atomic mass is 10.0. The van der Waals surface area contributed by atoms with E-state index in [1.807, 2.05) is 10.8 Å². The highest BCUT2D eigenvalue weighted by Gasteiger charge is 2.26. The Hall–Kier alpha value is -4.10. The van der Waals surface area contributed by atoms with E-state index in [2.05, 4.69) is 9.97 Å². The molecule has 0 unspecified atom stereocenters. The van der Waals surface area contributed by atoms with Gasteiger partial charge in [-0.25, -0.2) is 22.2 Å². The molecule has 0 saturated carbocycles. The molecule has 0 radical (unpaired) electrons. The average molecular weight is 438 g/mol. The first kappa shape index (κ1) is 20.2. The number of halogens is 2. The van der Waals surface area contributed by atoms with Crippen molar-refractivity contribution in [2.45, 2.75) is 4.90 Å². The molecule has 2 aromatic carbocycles. The van der Waals surface area contributed by atoms with E-state index in [9.17, 15) is 17.6 Å². The van der Waals surface area contributed by atoms with E-state index < -0.39 is 38.7 Å². The third kappa shape index (κ3) is 3.62. The number of sulfonamides is 1. The predicted molar refractivity (Wildman–Crippen MR) is 108 cm³/mol. The SMILES string of the molecule is N#Cc1cccc(S(=O)(=O)Nc2ccc(F)c(C(=O)c3c[nH]c4ncccc34)c2F)c1. The molecular formula is C21H12F2N4O3S. The van der Waals surface area contributed by atoms with Crippen LogP contribution in [0.2, 0.25) is 0 Å². The van der Waals surface area contributed by atoms with E-state index in [-0.39, 0.29) is 16.0 Å². The summed E-state index contributed by atoms with van der Waals surface area (Å²) in [7, 11) is -4.30. The summed E-state index contributed by atoms with van der Waals surface area (Å²) in [5.41, 5.74) is -1.07. The Balaban J connectivity index is 1.76. The quantitative estimate of drug-likeness (QED) is 0.461. The van der Waals surface area contributed by atoms with Gasteiger partial charge in [0.15, 0.2) is 5.82 Å². The lowest BCUT2D eigenvalue weighted by Crippen LogP contribution is -2.16. The van der Waals surface area contributed by atoms with Gasteiger partial charge in [-0.1, -0.05) is 6.07 Å². The molecule has 0 spiro atoms. The van der Waals surface area contributed by atoms with Crippen LogP contribution in [0, 0.1) is 23.0 Å². The highest BCUT2D eigenvalue weighted by Crippen LogP contribution is 2.28. The van der Waals surface area contributed by atoms with E-state index in [4.69, 9.17) is 5.26 Å². The first-order valence-electron chi connectivity index (χ1n) is 8.79. The first-order valence-corrected chi connectivity index (χ1v) is 10.3. The van der Waals surface area contributed by atoms with Gasteiger partial charge in [0.2, 0.25) is 5.78 Å². The van der Waals surface area contributed by atoms with Crippen molar-refractivity contribution in [3.63, 3.8) is 0 Å². The number of anilines is 1. The number of nitrogens with one attached hydrogen (secondary N) is 2. The van der Waals surface area contributed by atoms with Crippen molar-refractivity contribution in [2.75, 3.05) is 4.72 Å². The Labute approximate surface area is 175 Å². The van der Waals surface area contributed by atoms with Crippen LogP contribution < -0.4 is 4.72 Å². The van der Waals surface area contributed by atoms with Crippen molar-refractivity contribution in [3.05, 3.63) is 89.2 Å². The first-order chi connectivity index (χ1) is 14.8. The normalized spacial score (nSPS) is 11.3. The minimum absolute atomic E-state index is 0.0115. The fourth-order valence-corrected chi connectivity index (χ4v) is 4.16. The van der Waals surface area contributed by atoms with Gasteiger partial charge in [-0.05, 0) is 42.5 Å². The van der Waals surface area contributed by atoms with Gasteiger partial charge in [0.05, 0.1) is 27.8 Å². The Morgan fingerprint density at radius 1 is 1.13 bits per heavy atom. The van der Waals surface area contributed by atoms with Crippen LogP contribution in [-0.4, -0.2) is 24.2 Å². The number of carbonyl (C=O) groups excluding carboxylic acids is 1. The molecule has 0 saturated heterocycles. The smallest absolute Gasteiger partial charge is 0.262 e. The average Bonchev–Trinajstić information content (AvgIpc) is 3.20. The van der Waals surface area contributed by atoms with Crippen LogP contribution in [0.5, 0.6) is 0 Å². The highest BCUT2D eigenvalue weighted by molar-refractivity contribution is 7.92. The summed E-state index contributed by atoms with van der Waals surface area (Å²) >= 11 is 0. The topological polar surface area (TPSA) is 116 Å². The summed E-state index contributed by atoms with van der Waals surface area (Å²) < 4.78 is 56.8. The lowest BCUT2D eigenvalue weighted by molar-refractivity contribution is 0.103. The molecule has 0 fully saturated rings. The van der Waals surface area contributed by atoms with Crippen LogP contribution in [-0.2, 0) is 10.0 Å². The third-order valence-electron chi connectivity index (χ3n) is 4.53. The van der Waals surface area contributed by atoms with Crippen LogP contribution >= 0.6 is 0 Å². The number of nitrogens with zero attached hydrogens (tertiary/aromatic N) is 2. The minimum atomic E-state index is -4.30. The zero-order valence-corrected chi connectivity index (χ0v) is 16.4. The highest BCUT2D eigenvalue weighted by atomic mass is 32.2. The molecule has 0 atom stereocenters. The summed E-state index contributed by atoms with van der Waals surface area (Å²) in [6, 6.07) is 11.7. The molecule has 2 aromatic heterocycles. The number of benzene rings is 2. The van der Waals surface area contributed by atoms with Gasteiger partial charge in [-0.2, -0.15) is 5.26 Å². The standard InChI is InChI=1S/C21H12F2N4O3S/c22-16-6-7-17(27-31(29,30)13-4-1-3-12(9-13)10-24)19(23)18(16)20(28)15-11-26-21-14(15)5-2-8-25-21/h1-9,11,27H,(H,25,26). The second-order valence-electron chi connectivity index (χ2n) is 6.46. The molecule has 10 heteroatoms. The lowest BCUT2D eigenvalue weighted by Gasteiger charge is -2.12. The van der Waals surface area contributed by atoms with Crippen molar-refractivity contribution in [2.24, 2.45) is 0 Å². The van der Waals surface area contributed by atoms with Crippen LogP contribution in [0.15, 0.2) is 65.8 Å². The number of H-pyrrole nitrogens is 1. The molecule has 31 heavy (non-hydrogen) atoms. The maximum absolute atomic E-state index is 15.1. The molecule has 0 aliphatic carbocycles. The van der Waals surface area contributed by atoms with Gasteiger partial charge >= 0.3 is 0 Å². The van der Waals surface area contributed by atoms with Gasteiger partial charge < -0.3 is 4.98 Å². The van der Waals surface area contributed by atoms with E-state index >= 15 is 4.39 Å². The Bertz CT molecular complexity index is 1490. The molecule has 0 aliphatic rings. The number of fused-ring (bicyclic) bond motifs is 1. The number of pyridine rings is 1. The Morgan fingerprint density at radius 2 is 1.94 bits per heavy atom. The van der Waals surface area contributed by atoms with Crippen molar-refractivity contribution in [1.29, 1.82) is 5.26 Å². The number of hydrogen-bond acceptors (Lipinski definition) is 5. The molecule has 154 valence electrons. The molecule has 4 aromatic rings. The predicted octanol–water partition coefficient (Wildman–Crippen LogP) is 3.74. The number of rotatable bonds is 5. The van der Waals surface area contributed by atoms with Gasteiger partial charge in [-0.3, -0.25) is 9.52 Å². The largest absolute Gasteiger partial charge is 0.345 e. The molecule has 0 aliphatic heterocycles. The molecular weight excluding hydrogens is 426 g/mol. The molecule has 7 nitrogen and oxygen atoms in total. The van der Waals surface area contributed by atoms with Crippen LogP contribution in [0.1, 0.15) is 21.5 Å². The van der Waals surface area contributed by atoms with Crippen molar-refractivity contribution in [3.8, 4) is 6.07 Å². The fourth-order valence-electron chi connectivity index (χ4n) is 3.05. The zero-order valence-electron chi connectivity index (χ0n) is 15.6. The number of hydrogen-bond donors (Lipinski definition) is 2. The molecule has 0 amide bonds. The summed E-state index contributed by atoms with van der Waals surface area (Å²) in [6.45, 7) is 0. The Morgan fingerprint density at radius 3 is 2.71 bits per heavy atom. The fraction of sp³-hybridized carbons (Fsp3) is 0. The Kier molecular flexibility index (Phi) is 4.96. The third-order valence-corrected chi connectivity index (χ3v) is 5.89. The van der Waals surface area contributed by atoms with Gasteiger partial charge in [0, 0.05) is 23.3 Å². The van der Waals surface area contributed by atoms with Crippen molar-refractivity contribution < 1.29 is 22.0 Å². The monoisotopic (exact) mass is 438 g/mol. The summed E-state index contributed by atoms with van der Waals surface area (Å²) in [4.78, 5) is 19.4. The number of carbonyl (C=O) groups is 1.